The Morgan fingerprint density at radius 3 is 2.74 bits per heavy atom. The van der Waals surface area contributed by atoms with Gasteiger partial charge < -0.3 is 20.8 Å². The van der Waals surface area contributed by atoms with E-state index in [1.807, 2.05) is 52.5 Å². The van der Waals surface area contributed by atoms with Gasteiger partial charge in [0.1, 0.15) is 5.82 Å². The van der Waals surface area contributed by atoms with Crippen LogP contribution in [-0.4, -0.2) is 53.3 Å². The van der Waals surface area contributed by atoms with E-state index in [4.69, 9.17) is 0 Å². The van der Waals surface area contributed by atoms with Crippen LogP contribution in [0.25, 0.3) is 16.6 Å². The lowest BCUT2D eigenvalue weighted by molar-refractivity contribution is 0.126. The first kappa shape index (κ1) is 19.8. The molecule has 0 atom stereocenters. The average Bonchev–Trinajstić information content (AvgIpc) is 3.31. The number of benzene rings is 1. The van der Waals surface area contributed by atoms with Crippen molar-refractivity contribution in [2.45, 2.75) is 51.3 Å². The molecule has 4 aromatic rings. The fourth-order valence-electron chi connectivity index (χ4n) is 4.31. The number of aliphatic hydroxyl groups excluding tert-OH is 2. The number of hydrogen-bond acceptors (Lipinski definition) is 7. The van der Waals surface area contributed by atoms with Gasteiger partial charge in [0.15, 0.2) is 5.65 Å². The van der Waals surface area contributed by atoms with Crippen LogP contribution in [0.3, 0.4) is 0 Å². The summed E-state index contributed by atoms with van der Waals surface area (Å²) in [5.41, 5.74) is 3.51. The highest BCUT2D eigenvalue weighted by atomic mass is 16.3. The molecule has 0 radical (unpaired) electrons. The van der Waals surface area contributed by atoms with Crippen LogP contribution < -0.4 is 10.6 Å². The van der Waals surface area contributed by atoms with Crippen molar-refractivity contribution >= 4 is 34.0 Å². The van der Waals surface area contributed by atoms with Crippen LogP contribution in [-0.2, 0) is 6.54 Å². The maximum absolute atomic E-state index is 9.74. The summed E-state index contributed by atoms with van der Waals surface area (Å²) in [6.07, 6.45) is 3.36. The van der Waals surface area contributed by atoms with E-state index in [-0.39, 0.29) is 12.7 Å². The zero-order chi connectivity index (χ0) is 21.4. The molecule has 9 heteroatoms. The molecule has 0 unspecified atom stereocenters. The predicted molar refractivity (Wildman–Crippen MR) is 120 cm³/mol. The lowest BCUT2D eigenvalue weighted by Crippen LogP contribution is -2.29. The van der Waals surface area contributed by atoms with Crippen LogP contribution in [0.5, 0.6) is 0 Å². The first-order valence-electron chi connectivity index (χ1n) is 10.8. The quantitative estimate of drug-likeness (QED) is 0.379. The highest BCUT2D eigenvalue weighted by Gasteiger charge is 2.20. The summed E-state index contributed by atoms with van der Waals surface area (Å²) >= 11 is 0. The number of fused-ring (bicyclic) bond motifs is 2. The van der Waals surface area contributed by atoms with Crippen molar-refractivity contribution in [3.05, 3.63) is 42.1 Å². The van der Waals surface area contributed by atoms with E-state index >= 15 is 0 Å². The molecule has 1 aliphatic carbocycles. The highest BCUT2D eigenvalue weighted by Crippen LogP contribution is 2.25. The van der Waals surface area contributed by atoms with E-state index in [1.54, 1.807) is 0 Å². The Morgan fingerprint density at radius 1 is 1.10 bits per heavy atom. The normalized spacial score (nSPS) is 19.2. The number of aromatic nitrogens is 5. The monoisotopic (exact) mass is 421 g/mol. The molecule has 1 aromatic carbocycles. The van der Waals surface area contributed by atoms with Gasteiger partial charge >= 0.3 is 0 Å². The van der Waals surface area contributed by atoms with Crippen molar-refractivity contribution in [2.75, 3.05) is 17.2 Å². The van der Waals surface area contributed by atoms with Gasteiger partial charge in [-0.1, -0.05) is 6.07 Å². The summed E-state index contributed by atoms with van der Waals surface area (Å²) in [6, 6.07) is 12.2. The standard InChI is InChI=1S/C22H27N7O2/c1-14-18-10-7-16(13-19(18)28(26-14)11-12-30)24-22-25-21-4-2-3-20(29(21)27-22)23-15-5-8-17(31)9-6-15/h2-4,7,10,13,15,17,23,30-31H,5-6,8-9,11-12H2,1H3,(H,24,27). The molecule has 0 saturated heterocycles. The van der Waals surface area contributed by atoms with E-state index in [9.17, 15) is 10.2 Å². The van der Waals surface area contributed by atoms with Gasteiger partial charge in [0.05, 0.1) is 30.5 Å². The van der Waals surface area contributed by atoms with E-state index < -0.39 is 0 Å². The molecule has 0 amide bonds. The number of rotatable bonds is 6. The summed E-state index contributed by atoms with van der Waals surface area (Å²) in [6.45, 7) is 2.46. The van der Waals surface area contributed by atoms with Crippen LogP contribution in [0, 0.1) is 6.92 Å². The van der Waals surface area contributed by atoms with Crippen molar-refractivity contribution in [3.8, 4) is 0 Å². The third kappa shape index (κ3) is 3.94. The minimum absolute atomic E-state index is 0.0393. The maximum atomic E-state index is 9.74. The molecular formula is C22H27N7O2. The molecule has 9 nitrogen and oxygen atoms in total. The molecule has 4 N–H and O–H groups in total. The van der Waals surface area contributed by atoms with Crippen LogP contribution in [0.4, 0.5) is 17.5 Å². The zero-order valence-corrected chi connectivity index (χ0v) is 17.5. The van der Waals surface area contributed by atoms with Crippen molar-refractivity contribution in [1.29, 1.82) is 0 Å². The second-order valence-electron chi connectivity index (χ2n) is 8.16. The Morgan fingerprint density at radius 2 is 1.94 bits per heavy atom. The van der Waals surface area contributed by atoms with Gasteiger partial charge in [-0.15, -0.1) is 5.10 Å². The van der Waals surface area contributed by atoms with Crippen LogP contribution in [0.2, 0.25) is 0 Å². The summed E-state index contributed by atoms with van der Waals surface area (Å²) in [4.78, 5) is 4.62. The van der Waals surface area contributed by atoms with E-state index in [2.05, 4.69) is 25.8 Å². The molecule has 0 spiro atoms. The van der Waals surface area contributed by atoms with Gasteiger partial charge in [-0.3, -0.25) is 4.68 Å². The lowest BCUT2D eigenvalue weighted by Gasteiger charge is -2.26. The molecule has 31 heavy (non-hydrogen) atoms. The second-order valence-corrected chi connectivity index (χ2v) is 8.16. The second kappa shape index (κ2) is 8.16. The van der Waals surface area contributed by atoms with Crippen molar-refractivity contribution in [2.24, 2.45) is 0 Å². The number of pyridine rings is 1. The number of hydrogen-bond donors (Lipinski definition) is 4. The van der Waals surface area contributed by atoms with Crippen molar-refractivity contribution < 1.29 is 10.2 Å². The Hall–Kier alpha value is -3.17. The van der Waals surface area contributed by atoms with E-state index in [0.29, 0.717) is 18.5 Å². The average molecular weight is 422 g/mol. The first-order chi connectivity index (χ1) is 15.1. The zero-order valence-electron chi connectivity index (χ0n) is 17.5. The predicted octanol–water partition coefficient (Wildman–Crippen LogP) is 2.84. The van der Waals surface area contributed by atoms with Crippen LogP contribution >= 0.6 is 0 Å². The highest BCUT2D eigenvalue weighted by molar-refractivity contribution is 5.85. The number of anilines is 3. The van der Waals surface area contributed by atoms with Crippen LogP contribution in [0.1, 0.15) is 31.4 Å². The van der Waals surface area contributed by atoms with Gasteiger partial charge in [0, 0.05) is 17.1 Å². The Kier molecular flexibility index (Phi) is 5.21. The number of aryl methyl sites for hydroxylation is 1. The largest absolute Gasteiger partial charge is 0.394 e. The summed E-state index contributed by atoms with van der Waals surface area (Å²) in [7, 11) is 0. The summed E-state index contributed by atoms with van der Waals surface area (Å²) in [5, 5.41) is 36.1. The molecule has 3 aromatic heterocycles. The molecule has 162 valence electrons. The Bertz CT molecular complexity index is 1210. The van der Waals surface area contributed by atoms with Gasteiger partial charge in [-0.25, -0.2) is 0 Å². The van der Waals surface area contributed by atoms with Gasteiger partial charge in [0.25, 0.3) is 0 Å². The molecule has 1 saturated carbocycles. The molecule has 0 bridgehead atoms. The smallest absolute Gasteiger partial charge is 0.247 e. The fraction of sp³-hybridized carbons (Fsp3) is 0.409. The van der Waals surface area contributed by atoms with E-state index in [0.717, 1.165) is 59.4 Å². The lowest BCUT2D eigenvalue weighted by atomic mass is 9.93. The third-order valence-corrected chi connectivity index (χ3v) is 5.91. The van der Waals surface area contributed by atoms with Crippen LogP contribution in [0.15, 0.2) is 36.4 Å². The third-order valence-electron chi connectivity index (χ3n) is 5.91. The maximum Gasteiger partial charge on any atom is 0.247 e. The Labute approximate surface area is 179 Å². The number of nitrogens with one attached hydrogen (secondary N) is 2. The van der Waals surface area contributed by atoms with Crippen molar-refractivity contribution in [1.82, 2.24) is 24.4 Å². The molecule has 1 fully saturated rings. The van der Waals surface area contributed by atoms with Crippen molar-refractivity contribution in [3.63, 3.8) is 0 Å². The minimum atomic E-state index is -0.175. The molecule has 1 aliphatic rings. The number of aliphatic hydroxyl groups is 2. The first-order valence-corrected chi connectivity index (χ1v) is 10.8. The summed E-state index contributed by atoms with van der Waals surface area (Å²) in [5.74, 6) is 1.41. The molecular weight excluding hydrogens is 394 g/mol. The van der Waals surface area contributed by atoms with Gasteiger partial charge in [0.2, 0.25) is 5.95 Å². The SMILES string of the molecule is Cc1nn(CCO)c2cc(Nc3nc4cccc(NC5CCC(O)CC5)n4n3)ccc12. The molecule has 5 rings (SSSR count). The Balaban J connectivity index is 1.40. The minimum Gasteiger partial charge on any atom is -0.394 e. The van der Waals surface area contributed by atoms with Gasteiger partial charge in [-0.05, 0) is 62.9 Å². The van der Waals surface area contributed by atoms with E-state index in [1.165, 1.54) is 0 Å². The summed E-state index contributed by atoms with van der Waals surface area (Å²) < 4.78 is 3.63. The molecule has 0 aliphatic heterocycles. The topological polar surface area (TPSA) is 113 Å². The van der Waals surface area contributed by atoms with Gasteiger partial charge in [-0.2, -0.15) is 14.6 Å². The molecule has 3 heterocycles. The number of nitrogens with zero attached hydrogens (tertiary/aromatic N) is 5. The fourth-order valence-corrected chi connectivity index (χ4v) is 4.31.